The molecule has 1 aliphatic heterocycles. The highest BCUT2D eigenvalue weighted by atomic mass is 19.1. The van der Waals surface area contributed by atoms with Crippen molar-refractivity contribution in [2.45, 2.75) is 25.7 Å². The molecule has 39 heavy (non-hydrogen) atoms. The Hall–Kier alpha value is -4.65. The number of H-pyrrole nitrogens is 1. The average molecular weight is 516 g/mol. The Bertz CT molecular complexity index is 1750. The first-order valence-corrected chi connectivity index (χ1v) is 13.3. The minimum atomic E-state index is -0.264. The number of carbonyl (C=O) groups excluding carboxylic acids is 1. The van der Waals surface area contributed by atoms with Crippen LogP contribution in [0.1, 0.15) is 36.2 Å². The Morgan fingerprint density at radius 2 is 1.77 bits per heavy atom. The molecule has 2 aliphatic rings. The molecule has 0 unspecified atom stereocenters. The summed E-state index contributed by atoms with van der Waals surface area (Å²) < 4.78 is 13.5. The molecule has 2 aromatic heterocycles. The van der Waals surface area contributed by atoms with Crippen LogP contribution in [0.5, 0.6) is 0 Å². The van der Waals surface area contributed by atoms with Crippen LogP contribution in [0.2, 0.25) is 0 Å². The summed E-state index contributed by atoms with van der Waals surface area (Å²) in [5.74, 6) is 0.644. The smallest absolute Gasteiger partial charge is 0.227 e. The molecule has 1 amide bonds. The maximum absolute atomic E-state index is 13.5. The zero-order chi connectivity index (χ0) is 26.3. The Balaban J connectivity index is 1.28. The van der Waals surface area contributed by atoms with E-state index in [4.69, 9.17) is 9.98 Å². The maximum Gasteiger partial charge on any atom is 0.227 e. The summed E-state index contributed by atoms with van der Waals surface area (Å²) in [6.07, 6.45) is 7.31. The van der Waals surface area contributed by atoms with E-state index in [1.807, 2.05) is 30.5 Å². The molecular weight excluding hydrogens is 489 g/mol. The first-order chi connectivity index (χ1) is 19.1. The molecule has 3 heterocycles. The number of aromatic amines is 1. The number of amides is 1. The van der Waals surface area contributed by atoms with E-state index in [0.29, 0.717) is 18.1 Å². The molecule has 2 N–H and O–H groups in total. The van der Waals surface area contributed by atoms with Gasteiger partial charge in [-0.2, -0.15) is 0 Å². The topological polar surface area (TPSA) is 83.0 Å². The van der Waals surface area contributed by atoms with Gasteiger partial charge in [-0.15, -0.1) is 0 Å². The summed E-state index contributed by atoms with van der Waals surface area (Å²) >= 11 is 0. The second-order valence-electron chi connectivity index (χ2n) is 10.2. The molecule has 192 valence electrons. The van der Waals surface area contributed by atoms with E-state index >= 15 is 0 Å². The Morgan fingerprint density at radius 3 is 2.62 bits per heavy atom. The summed E-state index contributed by atoms with van der Waals surface area (Å²) in [7, 11) is 0. The number of nitrogens with zero attached hydrogens (tertiary/aromatic N) is 3. The third-order valence-corrected chi connectivity index (χ3v) is 7.42. The highest BCUT2D eigenvalue weighted by Crippen LogP contribution is 2.32. The van der Waals surface area contributed by atoms with Crippen molar-refractivity contribution in [3.05, 3.63) is 102 Å². The van der Waals surface area contributed by atoms with Gasteiger partial charge in [0.05, 0.1) is 22.9 Å². The molecule has 1 saturated carbocycles. The number of nitrogens with one attached hydrogen (secondary N) is 2. The largest absolute Gasteiger partial charge is 0.337 e. The second-order valence-corrected chi connectivity index (χ2v) is 10.2. The number of hydrogen-bond donors (Lipinski definition) is 2. The van der Waals surface area contributed by atoms with Crippen molar-refractivity contribution in [3.63, 3.8) is 0 Å². The van der Waals surface area contributed by atoms with Crippen LogP contribution in [-0.4, -0.2) is 33.1 Å². The minimum absolute atomic E-state index is 0.0650. The van der Waals surface area contributed by atoms with E-state index in [9.17, 15) is 9.18 Å². The predicted molar refractivity (Wildman–Crippen MR) is 151 cm³/mol. The standard InChI is InChI=1S/C32H26FN5O/c33-24-12-10-20(11-13-24)26-4-1-5-28-29(26)38-31(37-28)30-27-16-22(9-6-19(27)3-2-14-35-30)23-15-25(18-34-17-23)36-32(39)21-7-8-21/h1,4-6,9-13,15-18,21H,2-3,7-8,14H2,(H,36,39)(H,37,38). The lowest BCUT2D eigenvalue weighted by molar-refractivity contribution is -0.117. The van der Waals surface area contributed by atoms with Crippen molar-refractivity contribution < 1.29 is 9.18 Å². The second kappa shape index (κ2) is 9.58. The number of pyridine rings is 1. The third-order valence-electron chi connectivity index (χ3n) is 7.42. The maximum atomic E-state index is 13.5. The molecular formula is C32H26FN5O. The van der Waals surface area contributed by atoms with Gasteiger partial charge < -0.3 is 10.3 Å². The monoisotopic (exact) mass is 515 g/mol. The lowest BCUT2D eigenvalue weighted by Gasteiger charge is -2.12. The molecule has 5 aromatic rings. The SMILES string of the molecule is O=C(Nc1cncc(-c2ccc3c(c2)C(c2nc4c(-c5ccc(F)cc5)cccc4[nH]2)=NCCC3)c1)C1CC1. The minimum Gasteiger partial charge on any atom is -0.337 e. The molecule has 0 atom stereocenters. The summed E-state index contributed by atoms with van der Waals surface area (Å²) in [6.45, 7) is 0.714. The lowest BCUT2D eigenvalue weighted by Crippen LogP contribution is -2.13. The third kappa shape index (κ3) is 4.61. The zero-order valence-electron chi connectivity index (χ0n) is 21.2. The summed E-state index contributed by atoms with van der Waals surface area (Å²) in [5, 5.41) is 3.00. The molecule has 0 saturated heterocycles. The number of imidazole rings is 1. The van der Waals surface area contributed by atoms with Crippen molar-refractivity contribution >= 4 is 28.3 Å². The zero-order valence-corrected chi connectivity index (χ0v) is 21.2. The van der Waals surface area contributed by atoms with Crippen LogP contribution in [0, 0.1) is 11.7 Å². The Labute approximate surface area is 225 Å². The van der Waals surface area contributed by atoms with Crippen molar-refractivity contribution in [1.29, 1.82) is 0 Å². The number of para-hydroxylation sites is 1. The number of aryl methyl sites for hydroxylation is 1. The van der Waals surface area contributed by atoms with Crippen molar-refractivity contribution in [2.75, 3.05) is 11.9 Å². The van der Waals surface area contributed by atoms with Crippen molar-refractivity contribution in [3.8, 4) is 22.3 Å². The number of halogens is 1. The number of anilines is 1. The molecule has 3 aromatic carbocycles. The molecule has 0 spiro atoms. The predicted octanol–water partition coefficient (Wildman–Crippen LogP) is 6.56. The fourth-order valence-corrected chi connectivity index (χ4v) is 5.21. The number of rotatable bonds is 5. The number of aromatic nitrogens is 3. The average Bonchev–Trinajstić information content (AvgIpc) is 3.76. The fraction of sp³-hybridized carbons (Fsp3) is 0.188. The molecule has 7 heteroatoms. The van der Waals surface area contributed by atoms with E-state index in [1.54, 1.807) is 18.3 Å². The van der Waals surface area contributed by atoms with Crippen LogP contribution in [-0.2, 0) is 11.2 Å². The van der Waals surface area contributed by atoms with Crippen LogP contribution < -0.4 is 5.32 Å². The van der Waals surface area contributed by atoms with Crippen LogP contribution in [0.3, 0.4) is 0 Å². The molecule has 0 radical (unpaired) electrons. The van der Waals surface area contributed by atoms with Gasteiger partial charge in [0.1, 0.15) is 11.5 Å². The first-order valence-electron chi connectivity index (χ1n) is 13.3. The highest BCUT2D eigenvalue weighted by Gasteiger charge is 2.29. The normalized spacial score (nSPS) is 14.9. The molecule has 6 nitrogen and oxygen atoms in total. The molecule has 1 aliphatic carbocycles. The van der Waals surface area contributed by atoms with Crippen molar-refractivity contribution in [1.82, 2.24) is 15.0 Å². The van der Waals surface area contributed by atoms with Gasteiger partial charge in [-0.1, -0.05) is 36.4 Å². The van der Waals surface area contributed by atoms with Crippen LogP contribution >= 0.6 is 0 Å². The number of aliphatic imine (C=N–C) groups is 1. The number of fused-ring (bicyclic) bond motifs is 2. The van der Waals surface area contributed by atoms with E-state index < -0.39 is 0 Å². The van der Waals surface area contributed by atoms with Gasteiger partial charge in [0.25, 0.3) is 0 Å². The van der Waals surface area contributed by atoms with Gasteiger partial charge in [0.2, 0.25) is 5.91 Å². The first kappa shape index (κ1) is 23.5. The summed E-state index contributed by atoms with van der Waals surface area (Å²) in [6, 6.07) is 20.9. The van der Waals surface area contributed by atoms with E-state index in [-0.39, 0.29) is 17.6 Å². The number of hydrogen-bond acceptors (Lipinski definition) is 4. The summed E-state index contributed by atoms with van der Waals surface area (Å²) in [4.78, 5) is 30.1. The molecule has 7 rings (SSSR count). The molecule has 0 bridgehead atoms. The van der Waals surface area contributed by atoms with Gasteiger partial charge in [-0.25, -0.2) is 9.37 Å². The van der Waals surface area contributed by atoms with Crippen LogP contribution in [0.15, 0.2) is 84.1 Å². The number of carbonyl (C=O) groups is 1. The highest BCUT2D eigenvalue weighted by molar-refractivity contribution is 6.14. The van der Waals surface area contributed by atoms with Crippen molar-refractivity contribution in [2.24, 2.45) is 10.9 Å². The van der Waals surface area contributed by atoms with E-state index in [1.165, 1.54) is 17.7 Å². The van der Waals surface area contributed by atoms with E-state index in [2.05, 4.69) is 33.5 Å². The number of benzene rings is 3. The van der Waals surface area contributed by atoms with Gasteiger partial charge in [-0.3, -0.25) is 14.8 Å². The summed E-state index contributed by atoms with van der Waals surface area (Å²) in [5.41, 5.74) is 9.31. The molecule has 1 fully saturated rings. The van der Waals surface area contributed by atoms with Gasteiger partial charge in [-0.05, 0) is 72.7 Å². The Kier molecular flexibility index (Phi) is 5.77. The van der Waals surface area contributed by atoms with Gasteiger partial charge in [0.15, 0.2) is 5.82 Å². The van der Waals surface area contributed by atoms with E-state index in [0.717, 1.165) is 70.2 Å². The van der Waals surface area contributed by atoms with Crippen LogP contribution in [0.25, 0.3) is 33.3 Å². The quantitative estimate of drug-likeness (QED) is 0.278. The lowest BCUT2D eigenvalue weighted by atomic mass is 9.95. The van der Waals surface area contributed by atoms with Gasteiger partial charge >= 0.3 is 0 Å². The Morgan fingerprint density at radius 1 is 0.923 bits per heavy atom. The van der Waals surface area contributed by atoms with Gasteiger partial charge in [0, 0.05) is 35.3 Å². The fourth-order valence-electron chi connectivity index (χ4n) is 5.21. The van der Waals surface area contributed by atoms with Crippen LogP contribution in [0.4, 0.5) is 10.1 Å².